The molecule has 1 aromatic rings. The van der Waals surface area contributed by atoms with Crippen LogP contribution in [0.25, 0.3) is 0 Å². The molecule has 1 atom stereocenters. The van der Waals surface area contributed by atoms with Crippen molar-refractivity contribution >= 4 is 23.3 Å². The number of amides is 2. The lowest BCUT2D eigenvalue weighted by atomic mass is 10.1. The number of carbonyl (C=O) groups is 2. The first-order valence-corrected chi connectivity index (χ1v) is 7.50. The molecule has 0 N–H and O–H groups in total. The van der Waals surface area contributed by atoms with Crippen molar-refractivity contribution in [3.63, 3.8) is 0 Å². The van der Waals surface area contributed by atoms with Gasteiger partial charge in [0.1, 0.15) is 6.61 Å². The van der Waals surface area contributed by atoms with Crippen LogP contribution in [-0.2, 0) is 16.0 Å². The van der Waals surface area contributed by atoms with Gasteiger partial charge in [-0.15, -0.1) is 11.3 Å². The van der Waals surface area contributed by atoms with E-state index < -0.39 is 0 Å². The molecule has 1 unspecified atom stereocenters. The third-order valence-corrected chi connectivity index (χ3v) is 4.72. The Morgan fingerprint density at radius 1 is 1.45 bits per heavy atom. The van der Waals surface area contributed by atoms with E-state index in [4.69, 9.17) is 4.74 Å². The van der Waals surface area contributed by atoms with E-state index in [-0.39, 0.29) is 18.0 Å². The molecule has 2 aliphatic rings. The van der Waals surface area contributed by atoms with Crippen molar-refractivity contribution in [2.75, 3.05) is 26.2 Å². The van der Waals surface area contributed by atoms with Gasteiger partial charge in [-0.25, -0.2) is 9.78 Å². The predicted molar refractivity (Wildman–Crippen MR) is 73.7 cm³/mol. The molecule has 3 rings (SSSR count). The second kappa shape index (κ2) is 5.05. The Labute approximate surface area is 121 Å². The van der Waals surface area contributed by atoms with Crippen LogP contribution in [0.2, 0.25) is 0 Å². The number of rotatable bonds is 2. The molecule has 0 radical (unpaired) electrons. The molecule has 20 heavy (non-hydrogen) atoms. The summed E-state index contributed by atoms with van der Waals surface area (Å²) < 4.78 is 5.01. The lowest BCUT2D eigenvalue weighted by molar-refractivity contribution is -0.132. The highest BCUT2D eigenvalue weighted by molar-refractivity contribution is 7.11. The van der Waals surface area contributed by atoms with Crippen molar-refractivity contribution in [3.05, 3.63) is 15.6 Å². The smallest absolute Gasteiger partial charge is 0.410 e. The minimum Gasteiger partial charge on any atom is -0.447 e. The summed E-state index contributed by atoms with van der Waals surface area (Å²) in [4.78, 5) is 32.8. The van der Waals surface area contributed by atoms with E-state index in [9.17, 15) is 9.59 Å². The number of fused-ring (bicyclic) bond motifs is 1. The molecule has 2 amide bonds. The van der Waals surface area contributed by atoms with Crippen LogP contribution in [0, 0.1) is 13.8 Å². The fraction of sp³-hybridized carbons (Fsp3) is 0.615. The number of piperazine rings is 1. The third kappa shape index (κ3) is 2.37. The number of carbonyl (C=O) groups excluding carboxylic acids is 2. The molecular weight excluding hydrogens is 278 g/mol. The fourth-order valence-electron chi connectivity index (χ4n) is 2.71. The highest BCUT2D eigenvalue weighted by atomic mass is 32.1. The van der Waals surface area contributed by atoms with Crippen molar-refractivity contribution < 1.29 is 14.3 Å². The van der Waals surface area contributed by atoms with Crippen LogP contribution in [0.4, 0.5) is 4.79 Å². The summed E-state index contributed by atoms with van der Waals surface area (Å²) in [5.74, 6) is 0.0809. The molecule has 2 fully saturated rings. The van der Waals surface area contributed by atoms with Crippen LogP contribution < -0.4 is 0 Å². The quantitative estimate of drug-likeness (QED) is 0.815. The van der Waals surface area contributed by atoms with Gasteiger partial charge in [0, 0.05) is 24.5 Å². The lowest BCUT2D eigenvalue weighted by Crippen LogP contribution is -2.54. The van der Waals surface area contributed by atoms with Crippen molar-refractivity contribution in [2.24, 2.45) is 0 Å². The fourth-order valence-corrected chi connectivity index (χ4v) is 3.54. The van der Waals surface area contributed by atoms with Crippen molar-refractivity contribution in [3.8, 4) is 0 Å². The SMILES string of the molecule is Cc1nc(CC(=O)N2CCN3C(=O)OCC3C2)c(C)s1. The first-order chi connectivity index (χ1) is 9.54. The monoisotopic (exact) mass is 295 g/mol. The van der Waals surface area contributed by atoms with Gasteiger partial charge in [0.2, 0.25) is 5.91 Å². The maximum absolute atomic E-state index is 12.3. The van der Waals surface area contributed by atoms with Gasteiger partial charge >= 0.3 is 6.09 Å². The summed E-state index contributed by atoms with van der Waals surface area (Å²) in [6.45, 7) is 6.03. The Morgan fingerprint density at radius 3 is 2.95 bits per heavy atom. The highest BCUT2D eigenvalue weighted by Crippen LogP contribution is 2.20. The molecule has 0 bridgehead atoms. The first kappa shape index (κ1) is 13.4. The molecule has 2 saturated heterocycles. The minimum absolute atomic E-state index is 0.0125. The third-order valence-electron chi connectivity index (χ3n) is 3.79. The Kier molecular flexibility index (Phi) is 3.37. The van der Waals surface area contributed by atoms with Crippen LogP contribution in [0.15, 0.2) is 0 Å². The second-order valence-electron chi connectivity index (χ2n) is 5.18. The van der Waals surface area contributed by atoms with Gasteiger partial charge in [-0.1, -0.05) is 0 Å². The summed E-state index contributed by atoms with van der Waals surface area (Å²) in [6.07, 6.45) is 0.0885. The van der Waals surface area contributed by atoms with Crippen molar-refractivity contribution in [1.29, 1.82) is 0 Å². The number of thiazole rings is 1. The number of cyclic esters (lactones) is 1. The number of aryl methyl sites for hydroxylation is 2. The lowest BCUT2D eigenvalue weighted by Gasteiger charge is -2.35. The van der Waals surface area contributed by atoms with Crippen molar-refractivity contribution in [1.82, 2.24) is 14.8 Å². The molecular formula is C13H17N3O3S. The Balaban J connectivity index is 1.64. The molecule has 108 valence electrons. The van der Waals surface area contributed by atoms with E-state index in [2.05, 4.69) is 4.98 Å². The maximum Gasteiger partial charge on any atom is 0.410 e. The van der Waals surface area contributed by atoms with Crippen molar-refractivity contribution in [2.45, 2.75) is 26.3 Å². The van der Waals surface area contributed by atoms with E-state index >= 15 is 0 Å². The molecule has 3 heterocycles. The average Bonchev–Trinajstić information content (AvgIpc) is 2.93. The standard InChI is InChI=1S/C13H17N3O3S/c1-8-11(14-9(2)20-8)5-12(17)15-3-4-16-10(6-15)7-19-13(16)18/h10H,3-7H2,1-2H3. The van der Waals surface area contributed by atoms with E-state index in [1.165, 1.54) is 0 Å². The van der Waals surface area contributed by atoms with Crippen LogP contribution in [0.5, 0.6) is 0 Å². The zero-order chi connectivity index (χ0) is 14.3. The van der Waals surface area contributed by atoms with E-state index in [0.29, 0.717) is 32.7 Å². The largest absolute Gasteiger partial charge is 0.447 e. The van der Waals surface area contributed by atoms with E-state index in [1.807, 2.05) is 18.7 Å². The number of ether oxygens (including phenoxy) is 1. The molecule has 1 aromatic heterocycles. The highest BCUT2D eigenvalue weighted by Gasteiger charge is 2.38. The zero-order valence-corrected chi connectivity index (χ0v) is 12.4. The Hall–Kier alpha value is -1.63. The molecule has 0 spiro atoms. The van der Waals surface area contributed by atoms with Gasteiger partial charge in [-0.3, -0.25) is 9.69 Å². The van der Waals surface area contributed by atoms with Gasteiger partial charge in [0.25, 0.3) is 0 Å². The van der Waals surface area contributed by atoms with Crippen LogP contribution in [0.1, 0.15) is 15.6 Å². The average molecular weight is 295 g/mol. The molecule has 2 aliphatic heterocycles. The summed E-state index contributed by atoms with van der Waals surface area (Å²) in [5, 5.41) is 0.991. The normalized spacial score (nSPS) is 21.9. The number of nitrogens with zero attached hydrogens (tertiary/aromatic N) is 3. The van der Waals surface area contributed by atoms with Gasteiger partial charge < -0.3 is 9.64 Å². The van der Waals surface area contributed by atoms with Crippen LogP contribution >= 0.6 is 11.3 Å². The summed E-state index contributed by atoms with van der Waals surface area (Å²) in [6, 6.07) is 0.0125. The topological polar surface area (TPSA) is 62.7 Å². The minimum atomic E-state index is -0.256. The Morgan fingerprint density at radius 2 is 2.25 bits per heavy atom. The second-order valence-corrected chi connectivity index (χ2v) is 6.58. The summed E-state index contributed by atoms with van der Waals surface area (Å²) in [5.41, 5.74) is 0.874. The van der Waals surface area contributed by atoms with E-state index in [0.717, 1.165) is 15.6 Å². The molecule has 0 aromatic carbocycles. The summed E-state index contributed by atoms with van der Waals surface area (Å²) >= 11 is 1.62. The number of hydrogen-bond acceptors (Lipinski definition) is 5. The molecule has 6 nitrogen and oxygen atoms in total. The molecule has 0 saturated carbocycles. The van der Waals surface area contributed by atoms with Gasteiger partial charge in [-0.2, -0.15) is 0 Å². The van der Waals surface area contributed by atoms with E-state index in [1.54, 1.807) is 16.2 Å². The van der Waals surface area contributed by atoms with Gasteiger partial charge in [0.15, 0.2) is 0 Å². The number of hydrogen-bond donors (Lipinski definition) is 0. The first-order valence-electron chi connectivity index (χ1n) is 6.68. The molecule has 0 aliphatic carbocycles. The predicted octanol–water partition coefficient (Wildman–Crippen LogP) is 0.965. The maximum atomic E-state index is 12.3. The van der Waals surface area contributed by atoms with Gasteiger partial charge in [-0.05, 0) is 13.8 Å². The number of aromatic nitrogens is 1. The van der Waals surface area contributed by atoms with Crippen LogP contribution in [0.3, 0.4) is 0 Å². The molecule has 7 heteroatoms. The van der Waals surface area contributed by atoms with Gasteiger partial charge in [0.05, 0.1) is 23.2 Å². The van der Waals surface area contributed by atoms with Crippen LogP contribution in [-0.4, -0.2) is 59.1 Å². The summed E-state index contributed by atoms with van der Waals surface area (Å²) in [7, 11) is 0. The zero-order valence-electron chi connectivity index (χ0n) is 11.6. The Bertz CT molecular complexity index is 557.